The molecule has 11 heteroatoms. The van der Waals surface area contributed by atoms with Gasteiger partial charge in [0, 0.05) is 15.9 Å². The number of sulfonamides is 1. The van der Waals surface area contributed by atoms with E-state index >= 15 is 0 Å². The van der Waals surface area contributed by atoms with Crippen LogP contribution in [-0.2, 0) is 26.2 Å². The molecule has 2 aromatic carbocycles. The van der Waals surface area contributed by atoms with E-state index in [1.54, 1.807) is 30.3 Å². The topological polar surface area (TPSA) is 92.8 Å². The monoisotopic (exact) mass is 518 g/mol. The molecule has 2 atom stereocenters. The van der Waals surface area contributed by atoms with Gasteiger partial charge in [0.2, 0.25) is 0 Å². The van der Waals surface area contributed by atoms with Crippen LogP contribution in [0.4, 0.5) is 9.18 Å². The van der Waals surface area contributed by atoms with Crippen LogP contribution in [0.15, 0.2) is 57.9 Å². The van der Waals surface area contributed by atoms with Gasteiger partial charge in [-0.25, -0.2) is 22.3 Å². The van der Waals surface area contributed by atoms with Crippen LogP contribution in [0, 0.1) is 0 Å². The highest BCUT2D eigenvalue weighted by Crippen LogP contribution is 2.27. The van der Waals surface area contributed by atoms with Crippen LogP contribution in [0.25, 0.3) is 0 Å². The molecule has 7 nitrogen and oxygen atoms in total. The number of amides is 2. The van der Waals surface area contributed by atoms with Crippen molar-refractivity contribution in [2.45, 2.75) is 30.1 Å². The number of nitrogens with zero attached hydrogens (tertiary/aromatic N) is 1. The second kappa shape index (κ2) is 9.32. The number of benzene rings is 2. The van der Waals surface area contributed by atoms with Crippen LogP contribution in [-0.4, -0.2) is 44.1 Å². The van der Waals surface area contributed by atoms with Gasteiger partial charge in [-0.1, -0.05) is 41.9 Å². The fourth-order valence-electron chi connectivity index (χ4n) is 2.98. The number of hydrogen-bond acceptors (Lipinski definition) is 5. The summed E-state index contributed by atoms with van der Waals surface area (Å²) in [6, 6.07) is 11.6. The SMILES string of the molecule is O=C(NS(=O)(=O)c1cc(Cl)ccc1Br)[C@H]1C[C@@H](F)CN1C(=O)OCc1ccccc1. The molecule has 0 aromatic heterocycles. The first-order valence-corrected chi connectivity index (χ1v) is 11.5. The van der Waals surface area contributed by atoms with Crippen molar-refractivity contribution < 1.29 is 27.1 Å². The molecule has 0 unspecified atom stereocenters. The third-order valence-electron chi connectivity index (χ3n) is 4.41. The predicted molar refractivity (Wildman–Crippen MR) is 111 cm³/mol. The Balaban J connectivity index is 1.71. The maximum absolute atomic E-state index is 14.0. The fraction of sp³-hybridized carbons (Fsp3) is 0.263. The van der Waals surface area contributed by atoms with Crippen molar-refractivity contribution in [1.82, 2.24) is 9.62 Å². The maximum atomic E-state index is 14.0. The molecule has 0 aliphatic carbocycles. The summed E-state index contributed by atoms with van der Waals surface area (Å²) in [5.74, 6) is -1.03. The van der Waals surface area contributed by atoms with Gasteiger partial charge in [-0.2, -0.15) is 0 Å². The Morgan fingerprint density at radius 1 is 1.23 bits per heavy atom. The van der Waals surface area contributed by atoms with Gasteiger partial charge in [0.1, 0.15) is 23.7 Å². The van der Waals surface area contributed by atoms with E-state index in [1.807, 2.05) is 4.72 Å². The predicted octanol–water partition coefficient (Wildman–Crippen LogP) is 3.66. The third-order valence-corrected chi connectivity index (χ3v) is 6.99. The van der Waals surface area contributed by atoms with E-state index in [0.29, 0.717) is 0 Å². The van der Waals surface area contributed by atoms with Gasteiger partial charge in [-0.3, -0.25) is 9.69 Å². The van der Waals surface area contributed by atoms with Crippen LogP contribution >= 0.6 is 27.5 Å². The number of nitrogens with one attached hydrogen (secondary N) is 1. The van der Waals surface area contributed by atoms with Crippen molar-refractivity contribution in [3.8, 4) is 0 Å². The zero-order valence-electron chi connectivity index (χ0n) is 15.4. The first-order valence-electron chi connectivity index (χ1n) is 8.80. The van der Waals surface area contributed by atoms with E-state index in [0.717, 1.165) is 10.5 Å². The summed E-state index contributed by atoms with van der Waals surface area (Å²) in [5.41, 5.74) is 0.719. The van der Waals surface area contributed by atoms with Crippen LogP contribution in [0.2, 0.25) is 5.02 Å². The summed E-state index contributed by atoms with van der Waals surface area (Å²) in [6.07, 6.45) is -2.72. The van der Waals surface area contributed by atoms with Crippen molar-refractivity contribution in [2.75, 3.05) is 6.54 Å². The Hall–Kier alpha value is -2.17. The van der Waals surface area contributed by atoms with E-state index in [2.05, 4.69) is 15.9 Å². The summed E-state index contributed by atoms with van der Waals surface area (Å²) in [4.78, 5) is 25.6. The molecule has 0 spiro atoms. The fourth-order valence-corrected chi connectivity index (χ4v) is 5.22. The van der Waals surface area contributed by atoms with Crippen molar-refractivity contribution in [2.24, 2.45) is 0 Å². The number of hydrogen-bond donors (Lipinski definition) is 1. The van der Waals surface area contributed by atoms with E-state index in [9.17, 15) is 22.4 Å². The highest BCUT2D eigenvalue weighted by atomic mass is 79.9. The largest absolute Gasteiger partial charge is 0.445 e. The highest BCUT2D eigenvalue weighted by molar-refractivity contribution is 9.10. The number of rotatable bonds is 5. The Kier molecular flexibility index (Phi) is 6.99. The Bertz CT molecular complexity index is 1050. The van der Waals surface area contributed by atoms with Gasteiger partial charge < -0.3 is 4.74 Å². The molecule has 1 saturated heterocycles. The second-order valence-electron chi connectivity index (χ2n) is 6.59. The number of ether oxygens (including phenoxy) is 1. The standard InChI is InChI=1S/C19H17BrClFN2O5S/c20-15-7-6-13(21)8-17(15)30(27,28)23-18(25)16-9-14(22)10-24(16)19(26)29-11-12-4-2-1-3-5-12/h1-8,14,16H,9-11H2,(H,23,25)/t14-,16-/m1/s1. The molecule has 2 aromatic rings. The van der Waals surface area contributed by atoms with Crippen molar-refractivity contribution in [3.05, 3.63) is 63.6 Å². The number of carbonyl (C=O) groups excluding carboxylic acids is 2. The molecule has 3 rings (SSSR count). The number of halogens is 3. The van der Waals surface area contributed by atoms with Crippen LogP contribution in [0.3, 0.4) is 0 Å². The van der Waals surface area contributed by atoms with Gasteiger partial charge in [0.25, 0.3) is 15.9 Å². The van der Waals surface area contributed by atoms with E-state index < -0.39 is 34.2 Å². The zero-order valence-corrected chi connectivity index (χ0v) is 18.6. The molecule has 0 radical (unpaired) electrons. The number of alkyl halides is 1. The third kappa shape index (κ3) is 5.30. The molecule has 2 amide bonds. The smallest absolute Gasteiger partial charge is 0.410 e. The van der Waals surface area contributed by atoms with Crippen molar-refractivity contribution in [3.63, 3.8) is 0 Å². The molecule has 30 heavy (non-hydrogen) atoms. The molecule has 1 heterocycles. The Morgan fingerprint density at radius 2 is 1.93 bits per heavy atom. The molecule has 160 valence electrons. The van der Waals surface area contributed by atoms with Crippen LogP contribution in [0.5, 0.6) is 0 Å². The minimum Gasteiger partial charge on any atom is -0.445 e. The minimum absolute atomic E-state index is 0.0603. The molecular formula is C19H17BrClFN2O5S. The zero-order chi connectivity index (χ0) is 21.9. The van der Waals surface area contributed by atoms with Crippen molar-refractivity contribution in [1.29, 1.82) is 0 Å². The van der Waals surface area contributed by atoms with Gasteiger partial charge in [-0.05, 0) is 39.7 Å². The average molecular weight is 520 g/mol. The highest BCUT2D eigenvalue weighted by Gasteiger charge is 2.42. The lowest BCUT2D eigenvalue weighted by Crippen LogP contribution is -2.47. The first-order chi connectivity index (χ1) is 14.2. The molecule has 1 aliphatic heterocycles. The average Bonchev–Trinajstić information content (AvgIpc) is 3.10. The summed E-state index contributed by atoms with van der Waals surface area (Å²) >= 11 is 8.93. The Morgan fingerprint density at radius 3 is 2.63 bits per heavy atom. The molecule has 0 saturated carbocycles. The lowest BCUT2D eigenvalue weighted by Gasteiger charge is -2.23. The van der Waals surface area contributed by atoms with Gasteiger partial charge in [-0.15, -0.1) is 0 Å². The Labute approximate surface area is 186 Å². The summed E-state index contributed by atoms with van der Waals surface area (Å²) in [5, 5.41) is 0.154. The van der Waals surface area contributed by atoms with Crippen molar-refractivity contribution >= 4 is 49.6 Å². The summed E-state index contributed by atoms with van der Waals surface area (Å²) in [7, 11) is -4.30. The molecular weight excluding hydrogens is 503 g/mol. The number of likely N-dealkylation sites (tertiary alicyclic amines) is 1. The lowest BCUT2D eigenvalue weighted by molar-refractivity contribution is -0.123. The molecule has 1 aliphatic rings. The van der Waals surface area contributed by atoms with Gasteiger partial charge in [0.15, 0.2) is 0 Å². The van der Waals surface area contributed by atoms with E-state index in [4.69, 9.17) is 16.3 Å². The quantitative estimate of drug-likeness (QED) is 0.651. The van der Waals surface area contributed by atoms with Crippen LogP contribution < -0.4 is 4.72 Å². The normalized spacial score (nSPS) is 18.8. The number of carbonyl (C=O) groups is 2. The lowest BCUT2D eigenvalue weighted by atomic mass is 10.2. The summed E-state index contributed by atoms with van der Waals surface area (Å²) < 4.78 is 46.4. The maximum Gasteiger partial charge on any atom is 0.410 e. The van der Waals surface area contributed by atoms with E-state index in [-0.39, 0.29) is 34.0 Å². The van der Waals surface area contributed by atoms with Gasteiger partial charge >= 0.3 is 6.09 Å². The molecule has 0 bridgehead atoms. The van der Waals surface area contributed by atoms with Crippen LogP contribution in [0.1, 0.15) is 12.0 Å². The first kappa shape index (κ1) is 22.5. The molecule has 1 N–H and O–H groups in total. The van der Waals surface area contributed by atoms with Gasteiger partial charge in [0.05, 0.1) is 6.54 Å². The second-order valence-corrected chi connectivity index (χ2v) is 9.53. The minimum atomic E-state index is -4.30. The molecule has 1 fully saturated rings. The van der Waals surface area contributed by atoms with E-state index in [1.165, 1.54) is 18.2 Å². The summed E-state index contributed by atoms with van der Waals surface area (Å²) in [6.45, 7) is -0.429.